The predicted molar refractivity (Wildman–Crippen MR) is 92.7 cm³/mol. The lowest BCUT2D eigenvalue weighted by molar-refractivity contribution is -0.121. The van der Waals surface area contributed by atoms with Gasteiger partial charge in [0.2, 0.25) is 5.91 Å². The summed E-state index contributed by atoms with van der Waals surface area (Å²) in [6.45, 7) is 0. The first kappa shape index (κ1) is 15.3. The highest BCUT2D eigenvalue weighted by Gasteiger charge is 2.21. The van der Waals surface area contributed by atoms with Crippen LogP contribution < -0.4 is 5.32 Å². The van der Waals surface area contributed by atoms with Crippen molar-refractivity contribution in [2.24, 2.45) is 0 Å². The molecule has 0 saturated heterocycles. The Morgan fingerprint density at radius 2 is 2.05 bits per heavy atom. The molecule has 1 N–H and O–H groups in total. The molecule has 1 unspecified atom stereocenters. The lowest BCUT2D eigenvalue weighted by Crippen LogP contribution is -2.31. The third kappa shape index (κ3) is 3.77. The van der Waals surface area contributed by atoms with Crippen LogP contribution in [-0.2, 0) is 17.6 Å². The van der Waals surface area contributed by atoms with Crippen molar-refractivity contribution in [2.45, 2.75) is 38.1 Å². The normalized spacial score (nSPS) is 16.9. The molecule has 0 spiro atoms. The number of amides is 1. The molecule has 0 heterocycles. The van der Waals surface area contributed by atoms with Crippen LogP contribution in [-0.4, -0.2) is 5.91 Å². The topological polar surface area (TPSA) is 29.1 Å². The zero-order valence-corrected chi connectivity index (χ0v) is 14.1. The average molecular weight is 358 g/mol. The van der Waals surface area contributed by atoms with Gasteiger partial charge in [-0.3, -0.25) is 4.79 Å². The fourth-order valence-electron chi connectivity index (χ4n) is 3.12. The molecule has 1 aliphatic carbocycles. The van der Waals surface area contributed by atoms with E-state index >= 15 is 0 Å². The second kappa shape index (κ2) is 7.10. The quantitative estimate of drug-likeness (QED) is 0.852. The number of aryl methyl sites for hydroxylation is 2. The van der Waals surface area contributed by atoms with Crippen LogP contribution >= 0.6 is 15.9 Å². The fourth-order valence-corrected chi connectivity index (χ4v) is 3.57. The molecule has 22 heavy (non-hydrogen) atoms. The predicted octanol–water partition coefficient (Wildman–Crippen LogP) is 4.58. The summed E-state index contributed by atoms with van der Waals surface area (Å²) in [6.07, 6.45) is 4.63. The van der Waals surface area contributed by atoms with E-state index in [0.29, 0.717) is 6.42 Å². The molecular weight excluding hydrogens is 338 g/mol. The van der Waals surface area contributed by atoms with E-state index in [9.17, 15) is 4.79 Å². The third-order valence-corrected chi connectivity index (χ3v) is 4.73. The maximum Gasteiger partial charge on any atom is 0.220 e. The Hall–Kier alpha value is -1.61. The summed E-state index contributed by atoms with van der Waals surface area (Å²) in [6, 6.07) is 16.8. The van der Waals surface area contributed by atoms with Gasteiger partial charge in [-0.25, -0.2) is 0 Å². The summed E-state index contributed by atoms with van der Waals surface area (Å²) in [5.41, 5.74) is 3.86. The molecule has 0 fully saturated rings. The lowest BCUT2D eigenvalue weighted by Gasteiger charge is -2.26. The van der Waals surface area contributed by atoms with Crippen molar-refractivity contribution in [3.05, 3.63) is 69.7 Å². The van der Waals surface area contributed by atoms with E-state index in [1.807, 2.05) is 12.1 Å². The van der Waals surface area contributed by atoms with Crippen LogP contribution in [0.3, 0.4) is 0 Å². The van der Waals surface area contributed by atoms with Crippen molar-refractivity contribution >= 4 is 21.8 Å². The van der Waals surface area contributed by atoms with Gasteiger partial charge in [-0.05, 0) is 54.5 Å². The molecule has 1 aliphatic rings. The van der Waals surface area contributed by atoms with Crippen molar-refractivity contribution in [3.63, 3.8) is 0 Å². The highest BCUT2D eigenvalue weighted by Crippen LogP contribution is 2.29. The van der Waals surface area contributed by atoms with Crippen LogP contribution in [0.25, 0.3) is 0 Å². The number of fused-ring (bicyclic) bond motifs is 1. The molecule has 1 atom stereocenters. The van der Waals surface area contributed by atoms with Crippen LogP contribution in [0.15, 0.2) is 53.0 Å². The zero-order valence-electron chi connectivity index (χ0n) is 12.5. The van der Waals surface area contributed by atoms with Crippen LogP contribution in [0.2, 0.25) is 0 Å². The van der Waals surface area contributed by atoms with Gasteiger partial charge < -0.3 is 5.32 Å². The Kier molecular flexibility index (Phi) is 4.94. The molecule has 2 nitrogen and oxygen atoms in total. The smallest absolute Gasteiger partial charge is 0.220 e. The number of halogens is 1. The molecule has 0 aliphatic heterocycles. The number of carbonyl (C=O) groups is 1. The van der Waals surface area contributed by atoms with E-state index < -0.39 is 0 Å². The first-order chi connectivity index (χ1) is 10.7. The molecular formula is C19H20BrNO. The molecule has 0 aromatic heterocycles. The maximum atomic E-state index is 12.3. The van der Waals surface area contributed by atoms with Gasteiger partial charge in [-0.1, -0.05) is 52.3 Å². The average Bonchev–Trinajstić information content (AvgIpc) is 2.53. The van der Waals surface area contributed by atoms with E-state index in [1.165, 1.54) is 16.7 Å². The van der Waals surface area contributed by atoms with E-state index in [4.69, 9.17) is 0 Å². The minimum Gasteiger partial charge on any atom is -0.349 e. The minimum atomic E-state index is 0.140. The molecule has 0 saturated carbocycles. The van der Waals surface area contributed by atoms with Crippen molar-refractivity contribution < 1.29 is 4.79 Å². The first-order valence-electron chi connectivity index (χ1n) is 7.84. The van der Waals surface area contributed by atoms with Gasteiger partial charge in [0.15, 0.2) is 0 Å². The molecule has 2 aromatic rings. The largest absolute Gasteiger partial charge is 0.349 e. The van der Waals surface area contributed by atoms with E-state index in [1.54, 1.807) is 0 Å². The number of rotatable bonds is 4. The highest BCUT2D eigenvalue weighted by molar-refractivity contribution is 9.10. The van der Waals surface area contributed by atoms with Gasteiger partial charge in [0, 0.05) is 10.9 Å². The summed E-state index contributed by atoms with van der Waals surface area (Å²) < 4.78 is 1.06. The summed E-state index contributed by atoms with van der Waals surface area (Å²) in [7, 11) is 0. The van der Waals surface area contributed by atoms with Gasteiger partial charge in [0.25, 0.3) is 0 Å². The number of hydrogen-bond acceptors (Lipinski definition) is 1. The lowest BCUT2D eigenvalue weighted by atomic mass is 9.87. The number of benzene rings is 2. The molecule has 2 aromatic carbocycles. The van der Waals surface area contributed by atoms with Crippen LogP contribution in [0.4, 0.5) is 0 Å². The van der Waals surface area contributed by atoms with Gasteiger partial charge in [-0.2, -0.15) is 0 Å². The van der Waals surface area contributed by atoms with Crippen molar-refractivity contribution in [1.29, 1.82) is 0 Å². The Labute approximate surface area is 140 Å². The van der Waals surface area contributed by atoms with E-state index in [2.05, 4.69) is 57.6 Å². The van der Waals surface area contributed by atoms with Gasteiger partial charge in [0.05, 0.1) is 6.04 Å². The summed E-state index contributed by atoms with van der Waals surface area (Å²) in [5, 5.41) is 3.21. The highest BCUT2D eigenvalue weighted by atomic mass is 79.9. The molecule has 0 radical (unpaired) electrons. The van der Waals surface area contributed by atoms with Crippen molar-refractivity contribution in [3.8, 4) is 0 Å². The third-order valence-electron chi connectivity index (χ3n) is 4.23. The SMILES string of the molecule is O=C(CCc1cccc(Br)c1)NC1CCCc2ccccc21. The van der Waals surface area contributed by atoms with Crippen molar-refractivity contribution in [2.75, 3.05) is 0 Å². The molecule has 0 bridgehead atoms. The molecule has 1 amide bonds. The Balaban J connectivity index is 1.59. The van der Waals surface area contributed by atoms with Gasteiger partial charge >= 0.3 is 0 Å². The van der Waals surface area contributed by atoms with Crippen LogP contribution in [0.5, 0.6) is 0 Å². The molecule has 3 heteroatoms. The van der Waals surface area contributed by atoms with E-state index in [0.717, 1.165) is 30.2 Å². The summed E-state index contributed by atoms with van der Waals surface area (Å²) in [4.78, 5) is 12.3. The standard InChI is InChI=1S/C19H20BrNO/c20-16-8-3-5-14(13-16)11-12-19(22)21-18-10-4-7-15-6-1-2-9-17(15)18/h1-3,5-6,8-9,13,18H,4,7,10-12H2,(H,21,22). The minimum absolute atomic E-state index is 0.140. The van der Waals surface area contributed by atoms with Gasteiger partial charge in [0.1, 0.15) is 0 Å². The second-order valence-corrected chi connectivity index (χ2v) is 6.76. The molecule has 3 rings (SSSR count). The fraction of sp³-hybridized carbons (Fsp3) is 0.316. The van der Waals surface area contributed by atoms with E-state index in [-0.39, 0.29) is 11.9 Å². The second-order valence-electron chi connectivity index (χ2n) is 5.84. The maximum absolute atomic E-state index is 12.3. The summed E-state index contributed by atoms with van der Waals surface area (Å²) >= 11 is 3.47. The first-order valence-corrected chi connectivity index (χ1v) is 8.63. The number of carbonyl (C=O) groups excluding carboxylic acids is 1. The Bertz CT molecular complexity index is 668. The van der Waals surface area contributed by atoms with Crippen LogP contribution in [0, 0.1) is 0 Å². The summed E-state index contributed by atoms with van der Waals surface area (Å²) in [5.74, 6) is 0.140. The Morgan fingerprint density at radius 1 is 1.18 bits per heavy atom. The molecule has 114 valence electrons. The monoisotopic (exact) mass is 357 g/mol. The van der Waals surface area contributed by atoms with Crippen molar-refractivity contribution in [1.82, 2.24) is 5.32 Å². The van der Waals surface area contributed by atoms with Gasteiger partial charge in [-0.15, -0.1) is 0 Å². The Morgan fingerprint density at radius 3 is 2.91 bits per heavy atom. The number of nitrogens with one attached hydrogen (secondary N) is 1. The van der Waals surface area contributed by atoms with Crippen LogP contribution in [0.1, 0.15) is 42.0 Å². The number of hydrogen-bond donors (Lipinski definition) is 1. The zero-order chi connectivity index (χ0) is 15.4.